The molecule has 6 nitrogen and oxygen atoms in total. The van der Waals surface area contributed by atoms with Gasteiger partial charge in [0, 0.05) is 18.2 Å². The fourth-order valence-electron chi connectivity index (χ4n) is 1.99. The van der Waals surface area contributed by atoms with Crippen LogP contribution in [-0.4, -0.2) is 18.2 Å². The number of hydrogen-bond acceptors (Lipinski definition) is 4. The van der Waals surface area contributed by atoms with E-state index in [0.29, 0.717) is 11.4 Å². The molecule has 0 aliphatic rings. The van der Waals surface area contributed by atoms with Crippen LogP contribution >= 0.6 is 0 Å². The molecule has 0 aliphatic carbocycles. The summed E-state index contributed by atoms with van der Waals surface area (Å²) in [6.07, 6.45) is -4.86. The molecule has 0 bridgehead atoms. The van der Waals surface area contributed by atoms with Crippen LogP contribution < -0.4 is 20.9 Å². The first-order valence-corrected chi connectivity index (χ1v) is 6.98. The van der Waals surface area contributed by atoms with Crippen molar-refractivity contribution in [1.82, 2.24) is 0 Å². The van der Waals surface area contributed by atoms with Crippen LogP contribution in [0.3, 0.4) is 0 Å². The predicted octanol–water partition coefficient (Wildman–Crippen LogP) is 3.06. The summed E-state index contributed by atoms with van der Waals surface area (Å²) in [5.41, 5.74) is 0.731. The topological polar surface area (TPSA) is 84.7 Å². The van der Waals surface area contributed by atoms with E-state index in [1.54, 1.807) is 0 Å². The van der Waals surface area contributed by atoms with Crippen LogP contribution in [0.25, 0.3) is 0 Å². The Morgan fingerprint density at radius 3 is 2.32 bits per heavy atom. The molecule has 0 aliphatic heterocycles. The van der Waals surface area contributed by atoms with Crippen LogP contribution in [-0.2, 0) is 4.79 Å². The van der Waals surface area contributed by atoms with E-state index in [2.05, 4.69) is 10.1 Å². The number of nitrogens with two attached hydrogens (primary N) is 1. The summed E-state index contributed by atoms with van der Waals surface area (Å²) in [4.78, 5) is 23.3. The number of ether oxygens (including phenoxy) is 1. The summed E-state index contributed by atoms with van der Waals surface area (Å²) in [6.45, 7) is 1.35. The number of benzene rings is 2. The molecule has 2 amide bonds. The number of alkyl halides is 3. The van der Waals surface area contributed by atoms with Crippen LogP contribution in [0.2, 0.25) is 0 Å². The first-order chi connectivity index (χ1) is 11.7. The minimum Gasteiger partial charge on any atom is -0.406 e. The lowest BCUT2D eigenvalue weighted by Crippen LogP contribution is -2.37. The molecule has 0 spiro atoms. The number of halogens is 3. The largest absolute Gasteiger partial charge is 0.573 e. The Labute approximate surface area is 141 Å². The molecule has 0 unspecified atom stereocenters. The fraction of sp³-hybridized carbons (Fsp3) is 0.125. The highest BCUT2D eigenvalue weighted by molar-refractivity contribution is 6.05. The molecule has 0 fully saturated rings. The average Bonchev–Trinajstić information content (AvgIpc) is 2.52. The Hall–Kier alpha value is -3.07. The molecule has 0 saturated heterocycles. The maximum Gasteiger partial charge on any atom is 0.573 e. The van der Waals surface area contributed by atoms with Gasteiger partial charge in [-0.2, -0.15) is 0 Å². The monoisotopic (exact) mass is 353 g/mol. The van der Waals surface area contributed by atoms with E-state index in [0.717, 1.165) is 17.1 Å². The van der Waals surface area contributed by atoms with Crippen LogP contribution in [0, 0.1) is 0 Å². The maximum atomic E-state index is 12.3. The van der Waals surface area contributed by atoms with Crippen LogP contribution in [0.4, 0.5) is 24.5 Å². The number of hydrazine groups is 1. The van der Waals surface area contributed by atoms with Gasteiger partial charge in [0.05, 0.1) is 5.69 Å². The molecular weight excluding hydrogens is 339 g/mol. The third kappa shape index (κ3) is 5.21. The van der Waals surface area contributed by atoms with Crippen molar-refractivity contribution in [3.63, 3.8) is 0 Å². The molecule has 0 heterocycles. The van der Waals surface area contributed by atoms with Crippen molar-refractivity contribution in [3.8, 4) is 5.75 Å². The lowest BCUT2D eigenvalue weighted by atomic mass is 10.2. The highest BCUT2D eigenvalue weighted by Gasteiger charge is 2.31. The van der Waals surface area contributed by atoms with Crippen molar-refractivity contribution in [2.45, 2.75) is 13.3 Å². The van der Waals surface area contributed by atoms with E-state index in [-0.39, 0.29) is 11.5 Å². The van der Waals surface area contributed by atoms with Gasteiger partial charge in [0.15, 0.2) is 0 Å². The minimum absolute atomic E-state index is 0.0739. The molecular formula is C16H14F3N3O3. The lowest BCUT2D eigenvalue weighted by molar-refractivity contribution is -0.274. The van der Waals surface area contributed by atoms with Crippen molar-refractivity contribution >= 4 is 23.2 Å². The smallest absolute Gasteiger partial charge is 0.406 e. The molecule has 3 N–H and O–H groups in total. The summed E-state index contributed by atoms with van der Waals surface area (Å²) in [5.74, 6) is 4.23. The van der Waals surface area contributed by atoms with Crippen molar-refractivity contribution in [2.75, 3.05) is 10.3 Å². The van der Waals surface area contributed by atoms with Gasteiger partial charge in [-0.1, -0.05) is 6.07 Å². The SMILES string of the molecule is CC(=O)Nc1ccc(N(N)C(=O)c2cccc(OC(F)(F)F)c2)cc1. The zero-order valence-corrected chi connectivity index (χ0v) is 13.0. The Bertz CT molecular complexity index is 776. The van der Waals surface area contributed by atoms with Gasteiger partial charge in [-0.15, -0.1) is 13.2 Å². The van der Waals surface area contributed by atoms with Crippen LogP contribution in [0.15, 0.2) is 48.5 Å². The van der Waals surface area contributed by atoms with Gasteiger partial charge in [0.1, 0.15) is 5.75 Å². The van der Waals surface area contributed by atoms with Crippen LogP contribution in [0.5, 0.6) is 5.75 Å². The molecule has 2 aromatic carbocycles. The average molecular weight is 353 g/mol. The first-order valence-electron chi connectivity index (χ1n) is 6.98. The molecule has 0 saturated carbocycles. The Morgan fingerprint density at radius 1 is 1.12 bits per heavy atom. The van der Waals surface area contributed by atoms with Crippen molar-refractivity contribution in [3.05, 3.63) is 54.1 Å². The quantitative estimate of drug-likeness (QED) is 0.503. The third-order valence-corrected chi connectivity index (χ3v) is 3.00. The van der Waals surface area contributed by atoms with E-state index >= 15 is 0 Å². The second kappa shape index (κ2) is 7.22. The summed E-state index contributed by atoms with van der Waals surface area (Å²) >= 11 is 0. The van der Waals surface area contributed by atoms with Gasteiger partial charge in [-0.25, -0.2) is 10.9 Å². The molecule has 0 radical (unpaired) electrons. The molecule has 2 aromatic rings. The Morgan fingerprint density at radius 2 is 1.76 bits per heavy atom. The van der Waals surface area contributed by atoms with E-state index in [1.165, 1.54) is 43.3 Å². The second-order valence-corrected chi connectivity index (χ2v) is 4.98. The van der Waals surface area contributed by atoms with E-state index in [1.807, 2.05) is 0 Å². The number of nitrogens with zero attached hydrogens (tertiary/aromatic N) is 1. The van der Waals surface area contributed by atoms with Gasteiger partial charge in [0.2, 0.25) is 5.91 Å². The van der Waals surface area contributed by atoms with Crippen molar-refractivity contribution < 1.29 is 27.5 Å². The number of carbonyl (C=O) groups excluding carboxylic acids is 2. The van der Waals surface area contributed by atoms with Gasteiger partial charge in [-0.05, 0) is 42.5 Å². The van der Waals surface area contributed by atoms with Gasteiger partial charge in [-0.3, -0.25) is 9.59 Å². The van der Waals surface area contributed by atoms with E-state index < -0.39 is 18.0 Å². The lowest BCUT2D eigenvalue weighted by Gasteiger charge is -2.18. The van der Waals surface area contributed by atoms with Gasteiger partial charge in [0.25, 0.3) is 5.91 Å². The Balaban J connectivity index is 2.16. The molecule has 9 heteroatoms. The molecule has 2 rings (SSSR count). The highest BCUT2D eigenvalue weighted by atomic mass is 19.4. The molecule has 0 aromatic heterocycles. The highest BCUT2D eigenvalue weighted by Crippen LogP contribution is 2.24. The zero-order chi connectivity index (χ0) is 18.6. The van der Waals surface area contributed by atoms with Crippen molar-refractivity contribution in [2.24, 2.45) is 5.84 Å². The van der Waals surface area contributed by atoms with Crippen LogP contribution in [0.1, 0.15) is 17.3 Å². The maximum absolute atomic E-state index is 12.3. The normalized spacial score (nSPS) is 10.9. The number of carbonyl (C=O) groups is 2. The number of anilines is 2. The molecule has 0 atom stereocenters. The Kier molecular flexibility index (Phi) is 5.28. The van der Waals surface area contributed by atoms with E-state index in [9.17, 15) is 22.8 Å². The summed E-state index contributed by atoms with van der Waals surface area (Å²) in [7, 11) is 0. The molecule has 25 heavy (non-hydrogen) atoms. The number of rotatable bonds is 4. The standard InChI is InChI=1S/C16H14F3N3O3/c1-10(23)21-12-5-7-13(8-6-12)22(20)15(24)11-3-2-4-14(9-11)25-16(17,18)19/h2-9H,20H2,1H3,(H,21,23). The van der Waals surface area contributed by atoms with Gasteiger partial charge < -0.3 is 10.1 Å². The van der Waals surface area contributed by atoms with Crippen molar-refractivity contribution in [1.29, 1.82) is 0 Å². The fourth-order valence-corrected chi connectivity index (χ4v) is 1.99. The first kappa shape index (κ1) is 18.3. The summed E-state index contributed by atoms with van der Waals surface area (Å²) in [6, 6.07) is 10.6. The third-order valence-electron chi connectivity index (χ3n) is 3.00. The minimum atomic E-state index is -4.86. The summed E-state index contributed by atoms with van der Waals surface area (Å²) in [5, 5.41) is 3.34. The number of amides is 2. The predicted molar refractivity (Wildman–Crippen MR) is 84.9 cm³/mol. The summed E-state index contributed by atoms with van der Waals surface area (Å²) < 4.78 is 40.5. The zero-order valence-electron chi connectivity index (χ0n) is 13.0. The number of nitrogens with one attached hydrogen (secondary N) is 1. The second-order valence-electron chi connectivity index (χ2n) is 4.98. The van der Waals surface area contributed by atoms with E-state index in [4.69, 9.17) is 5.84 Å². The van der Waals surface area contributed by atoms with Gasteiger partial charge >= 0.3 is 6.36 Å². The molecule has 132 valence electrons. The number of hydrogen-bond donors (Lipinski definition) is 2.